The predicted octanol–water partition coefficient (Wildman–Crippen LogP) is 5.21. The molecule has 3 fully saturated rings. The van der Waals surface area contributed by atoms with Crippen molar-refractivity contribution in [2.75, 3.05) is 0 Å². The Kier molecular flexibility index (Phi) is 8.34. The molecule has 19 heteroatoms. The maximum absolute atomic E-state index is 14.8. The molecule has 1 spiro atoms. The van der Waals surface area contributed by atoms with E-state index in [4.69, 9.17) is 21.1 Å². The zero-order valence-corrected chi connectivity index (χ0v) is 25.1. The van der Waals surface area contributed by atoms with Crippen LogP contribution in [-0.2, 0) is 20.9 Å². The number of aliphatic hydroxyl groups is 1. The Morgan fingerprint density at radius 3 is 2.49 bits per heavy atom. The highest BCUT2D eigenvalue weighted by Gasteiger charge is 2.68. The number of carboxylic acid groups (broad SMARTS) is 1. The van der Waals surface area contributed by atoms with Crippen molar-refractivity contribution >= 4 is 40.8 Å². The number of halogens is 7. The highest BCUT2D eigenvalue weighted by molar-refractivity contribution is 7.14. The number of carboxylic acids is 1. The largest absolute Gasteiger partial charge is 0.479 e. The number of aromatic nitrogens is 2. The number of ether oxygens (including phenoxy) is 2. The normalized spacial score (nSPS) is 23.0. The minimum atomic E-state index is -5.31. The van der Waals surface area contributed by atoms with E-state index < -0.39 is 89.5 Å². The summed E-state index contributed by atoms with van der Waals surface area (Å²) in [4.78, 5) is 38.9. The Labute approximate surface area is 269 Å². The van der Waals surface area contributed by atoms with Crippen LogP contribution in [-0.4, -0.2) is 78.3 Å². The summed E-state index contributed by atoms with van der Waals surface area (Å²) in [5.41, 5.74) is -2.66. The SMILES string of the molecule is O=C(O)[C@@H]1C[C@H](O)CC(Oc2c(F)ccc(-c3nnc(CN4C(=O)N(C(c5ccc(F)cc5F)C(F)(F)F)C(=O)C45CC5)s3)c2Cl)O1. The maximum atomic E-state index is 14.8. The molecule has 6 rings (SSSR count). The third-order valence-corrected chi connectivity index (χ3v) is 9.27. The number of aliphatic carboxylic acids is 1. The molecule has 0 radical (unpaired) electrons. The van der Waals surface area contributed by atoms with E-state index in [1.807, 2.05) is 0 Å². The molecule has 2 aromatic carbocycles. The zero-order chi connectivity index (χ0) is 34.0. The Morgan fingerprint density at radius 1 is 1.13 bits per heavy atom. The Bertz CT molecular complexity index is 1770. The van der Waals surface area contributed by atoms with E-state index in [0.717, 1.165) is 22.3 Å². The summed E-state index contributed by atoms with van der Waals surface area (Å²) >= 11 is 7.24. The van der Waals surface area contributed by atoms with Gasteiger partial charge in [0.25, 0.3) is 5.91 Å². The highest BCUT2D eigenvalue weighted by Crippen LogP contribution is 2.53. The van der Waals surface area contributed by atoms with Crippen molar-refractivity contribution in [2.45, 2.75) is 68.5 Å². The van der Waals surface area contributed by atoms with Gasteiger partial charge in [-0.25, -0.2) is 27.7 Å². The van der Waals surface area contributed by atoms with E-state index in [0.29, 0.717) is 12.1 Å². The third-order valence-electron chi connectivity index (χ3n) is 7.95. The second-order valence-corrected chi connectivity index (χ2v) is 12.5. The lowest BCUT2D eigenvalue weighted by atomic mass is 10.0. The van der Waals surface area contributed by atoms with Crippen molar-refractivity contribution in [3.63, 3.8) is 0 Å². The second-order valence-electron chi connectivity index (χ2n) is 11.1. The van der Waals surface area contributed by atoms with Crippen LogP contribution in [0, 0.1) is 17.5 Å². The number of carbonyl (C=O) groups excluding carboxylic acids is 2. The van der Waals surface area contributed by atoms with Gasteiger partial charge in [-0.05, 0) is 31.0 Å². The number of nitrogens with zero attached hydrogens (tertiary/aromatic N) is 4. The zero-order valence-electron chi connectivity index (χ0n) is 23.5. The number of hydrogen-bond donors (Lipinski definition) is 2. The van der Waals surface area contributed by atoms with Gasteiger partial charge in [-0.2, -0.15) is 13.2 Å². The molecule has 4 atom stereocenters. The first-order valence-electron chi connectivity index (χ1n) is 13.8. The van der Waals surface area contributed by atoms with Gasteiger partial charge in [0.2, 0.25) is 6.29 Å². The van der Waals surface area contributed by atoms with Gasteiger partial charge in [-0.1, -0.05) is 29.0 Å². The molecule has 2 saturated heterocycles. The summed E-state index contributed by atoms with van der Waals surface area (Å²) in [7, 11) is 0. The summed E-state index contributed by atoms with van der Waals surface area (Å²) in [6.07, 6.45) is -9.53. The van der Waals surface area contributed by atoms with Crippen LogP contribution in [0.5, 0.6) is 5.75 Å². The fourth-order valence-corrected chi connectivity index (χ4v) is 6.77. The highest BCUT2D eigenvalue weighted by atomic mass is 35.5. The molecule has 2 aliphatic heterocycles. The van der Waals surface area contributed by atoms with Gasteiger partial charge >= 0.3 is 18.2 Å². The predicted molar refractivity (Wildman–Crippen MR) is 147 cm³/mol. The lowest BCUT2D eigenvalue weighted by Gasteiger charge is -2.31. The Morgan fingerprint density at radius 2 is 1.85 bits per heavy atom. The maximum Gasteiger partial charge on any atom is 0.413 e. The lowest BCUT2D eigenvalue weighted by molar-refractivity contribution is -0.195. The van der Waals surface area contributed by atoms with Gasteiger partial charge in [0.15, 0.2) is 23.7 Å². The quantitative estimate of drug-likeness (QED) is 0.239. The molecule has 1 aliphatic carbocycles. The first-order chi connectivity index (χ1) is 22.1. The molecule has 47 heavy (non-hydrogen) atoms. The van der Waals surface area contributed by atoms with Gasteiger partial charge < -0.3 is 24.6 Å². The molecule has 2 N–H and O–H groups in total. The molecule has 2 unspecified atom stereocenters. The number of carbonyl (C=O) groups is 3. The number of imide groups is 1. The van der Waals surface area contributed by atoms with Crippen LogP contribution in [0.25, 0.3) is 10.6 Å². The number of urea groups is 1. The molecule has 3 amide bonds. The van der Waals surface area contributed by atoms with Crippen LogP contribution in [0.15, 0.2) is 30.3 Å². The standard InChI is InChI=1S/C28H21ClF6N4O7S/c29-20-14(3-4-15(31)21(20)46-19-9-12(40)8-17(45-19)24(41)42)23-37-36-18(47-23)10-38-26(44)39(25(43)27(38)5-6-27)22(28(33,34)35)13-2-1-11(30)7-16(13)32/h1-4,7,12,17,19,22,40H,5-6,8-10H2,(H,41,42)/t12-,17-,19?,22?/m0/s1. The molecular weight excluding hydrogens is 686 g/mol. The first kappa shape index (κ1) is 32.9. The van der Waals surface area contributed by atoms with Crippen molar-refractivity contribution in [1.29, 1.82) is 0 Å². The molecule has 250 valence electrons. The number of amides is 3. The van der Waals surface area contributed by atoms with Crippen LogP contribution in [0.1, 0.15) is 42.3 Å². The van der Waals surface area contributed by atoms with E-state index >= 15 is 0 Å². The van der Waals surface area contributed by atoms with E-state index in [9.17, 15) is 50.9 Å². The molecule has 1 aromatic heterocycles. The summed E-state index contributed by atoms with van der Waals surface area (Å²) in [6, 6.07) is -0.845. The van der Waals surface area contributed by atoms with Crippen molar-refractivity contribution in [1.82, 2.24) is 20.0 Å². The van der Waals surface area contributed by atoms with Gasteiger partial charge in [-0.15, -0.1) is 10.2 Å². The van der Waals surface area contributed by atoms with Crippen molar-refractivity contribution in [2.24, 2.45) is 0 Å². The van der Waals surface area contributed by atoms with Crippen LogP contribution in [0.4, 0.5) is 31.1 Å². The van der Waals surface area contributed by atoms with Crippen molar-refractivity contribution in [3.8, 4) is 16.3 Å². The topological polar surface area (TPSA) is 142 Å². The van der Waals surface area contributed by atoms with Gasteiger partial charge in [0.1, 0.15) is 27.2 Å². The molecular formula is C28H21ClF6N4O7S. The average Bonchev–Trinajstić information content (AvgIpc) is 3.62. The van der Waals surface area contributed by atoms with E-state index in [1.54, 1.807) is 0 Å². The number of benzene rings is 2. The van der Waals surface area contributed by atoms with Crippen LogP contribution in [0.3, 0.4) is 0 Å². The summed E-state index contributed by atoms with van der Waals surface area (Å²) in [5, 5.41) is 27.0. The van der Waals surface area contributed by atoms with Crippen molar-refractivity contribution < 1.29 is 60.4 Å². The number of rotatable bonds is 8. The first-order valence-corrected chi connectivity index (χ1v) is 15.0. The van der Waals surface area contributed by atoms with Gasteiger partial charge in [-0.3, -0.25) is 4.79 Å². The fourth-order valence-electron chi connectivity index (χ4n) is 5.57. The summed E-state index contributed by atoms with van der Waals surface area (Å²) in [6.45, 7) is -0.470. The molecule has 3 heterocycles. The lowest BCUT2D eigenvalue weighted by Crippen LogP contribution is -2.43. The molecule has 3 aliphatic rings. The van der Waals surface area contributed by atoms with Crippen LogP contribution in [0.2, 0.25) is 5.02 Å². The molecule has 11 nitrogen and oxygen atoms in total. The molecule has 1 saturated carbocycles. The molecule has 3 aromatic rings. The third kappa shape index (κ3) is 5.98. The fraction of sp³-hybridized carbons (Fsp3) is 0.393. The minimum absolute atomic E-state index is 0.0291. The number of alkyl halides is 3. The second kappa shape index (κ2) is 11.9. The Balaban J connectivity index is 1.25. The number of hydrogen-bond acceptors (Lipinski definition) is 9. The minimum Gasteiger partial charge on any atom is -0.479 e. The van der Waals surface area contributed by atoms with Crippen LogP contribution >= 0.6 is 22.9 Å². The monoisotopic (exact) mass is 706 g/mol. The van der Waals surface area contributed by atoms with Gasteiger partial charge in [0.05, 0.1) is 17.7 Å². The number of aliphatic hydroxyl groups excluding tert-OH is 1. The van der Waals surface area contributed by atoms with E-state index in [-0.39, 0.29) is 57.3 Å². The Hall–Kier alpha value is -4.00. The summed E-state index contributed by atoms with van der Waals surface area (Å²) in [5.74, 6) is -6.77. The van der Waals surface area contributed by atoms with E-state index in [1.165, 1.54) is 6.07 Å². The van der Waals surface area contributed by atoms with Gasteiger partial charge in [0, 0.05) is 30.0 Å². The average molecular weight is 707 g/mol. The smallest absolute Gasteiger partial charge is 0.413 e. The summed E-state index contributed by atoms with van der Waals surface area (Å²) < 4.78 is 96.4. The molecule has 0 bridgehead atoms. The van der Waals surface area contributed by atoms with Crippen molar-refractivity contribution in [3.05, 3.63) is 63.4 Å². The van der Waals surface area contributed by atoms with Crippen LogP contribution < -0.4 is 4.74 Å². The van der Waals surface area contributed by atoms with E-state index in [2.05, 4.69) is 10.2 Å².